The minimum atomic E-state index is -4.41. The van der Waals surface area contributed by atoms with Gasteiger partial charge in [0, 0.05) is 13.1 Å². The number of ether oxygens (including phenoxy) is 1. The molecule has 1 aliphatic rings. The maximum Gasteiger partial charge on any atom is 0.416 e. The molecule has 32 heavy (non-hydrogen) atoms. The molecule has 176 valence electrons. The molecule has 1 aliphatic heterocycles. The van der Waals surface area contributed by atoms with Gasteiger partial charge in [0.05, 0.1) is 31.5 Å². The molecule has 1 amide bonds. The van der Waals surface area contributed by atoms with Crippen molar-refractivity contribution in [1.29, 1.82) is 0 Å². The number of carbonyl (C=O) groups excluding carboxylic acids is 1. The first-order valence-corrected chi connectivity index (χ1v) is 9.98. The largest absolute Gasteiger partial charge is 0.467 e. The Hall–Kier alpha value is -2.28. The predicted molar refractivity (Wildman–Crippen MR) is 124 cm³/mol. The van der Waals surface area contributed by atoms with Crippen LogP contribution in [0.3, 0.4) is 0 Å². The summed E-state index contributed by atoms with van der Waals surface area (Å²) in [5.74, 6) is 0.881. The van der Waals surface area contributed by atoms with Gasteiger partial charge in [0.15, 0.2) is 5.96 Å². The van der Waals surface area contributed by atoms with Gasteiger partial charge in [0.1, 0.15) is 18.4 Å². The van der Waals surface area contributed by atoms with Gasteiger partial charge in [0.2, 0.25) is 5.91 Å². The van der Waals surface area contributed by atoms with Crippen LogP contribution < -0.4 is 10.6 Å². The van der Waals surface area contributed by atoms with Gasteiger partial charge < -0.3 is 24.7 Å². The van der Waals surface area contributed by atoms with E-state index >= 15 is 0 Å². The van der Waals surface area contributed by atoms with Gasteiger partial charge in [-0.15, -0.1) is 24.0 Å². The van der Waals surface area contributed by atoms with E-state index in [9.17, 15) is 18.0 Å². The quantitative estimate of drug-likeness (QED) is 0.318. The van der Waals surface area contributed by atoms with E-state index in [2.05, 4.69) is 15.6 Å². The van der Waals surface area contributed by atoms with E-state index < -0.39 is 17.8 Å². The zero-order chi connectivity index (χ0) is 22.3. The van der Waals surface area contributed by atoms with E-state index in [0.717, 1.165) is 12.1 Å². The second-order valence-corrected chi connectivity index (χ2v) is 6.95. The van der Waals surface area contributed by atoms with Crippen LogP contribution in [0.4, 0.5) is 13.2 Å². The number of nitrogens with one attached hydrogen (secondary N) is 2. The number of guanidine groups is 1. The molecule has 1 fully saturated rings. The summed E-state index contributed by atoms with van der Waals surface area (Å²) >= 11 is 0. The molecule has 1 aromatic heterocycles. The minimum Gasteiger partial charge on any atom is -0.467 e. The molecular formula is C21H26F3IN4O3. The summed E-state index contributed by atoms with van der Waals surface area (Å²) in [6.45, 7) is 3.82. The van der Waals surface area contributed by atoms with Crippen LogP contribution in [0.25, 0.3) is 0 Å². The molecular weight excluding hydrogens is 540 g/mol. The average molecular weight is 566 g/mol. The summed E-state index contributed by atoms with van der Waals surface area (Å²) in [6.07, 6.45) is -3.42. The second-order valence-electron chi connectivity index (χ2n) is 6.95. The van der Waals surface area contributed by atoms with E-state index in [1.165, 1.54) is 12.3 Å². The molecule has 2 N–H and O–H groups in total. The molecule has 1 saturated heterocycles. The third-order valence-corrected chi connectivity index (χ3v) is 4.70. The number of carbonyl (C=O) groups is 1. The molecule has 1 aromatic carbocycles. The topological polar surface area (TPSA) is 79.1 Å². The van der Waals surface area contributed by atoms with Gasteiger partial charge in [-0.3, -0.25) is 4.79 Å². The number of hydrogen-bond donors (Lipinski definition) is 2. The van der Waals surface area contributed by atoms with Crippen LogP contribution in [-0.2, 0) is 22.3 Å². The summed E-state index contributed by atoms with van der Waals surface area (Å²) < 4.78 is 50.0. The van der Waals surface area contributed by atoms with Gasteiger partial charge in [-0.1, -0.05) is 12.1 Å². The standard InChI is InChI=1S/C21H25F3N4O3.HI/c1-2-25-20(27-13-19(29)26-12-17-7-4-9-30-17)28-8-10-31-18(14-28)15-5-3-6-16(11-15)21(22,23)24;/h3-7,9,11,18H,2,8,10,12-14H2,1H3,(H,25,27)(H,26,29);1H. The molecule has 0 radical (unpaired) electrons. The van der Waals surface area contributed by atoms with Crippen molar-refractivity contribution >= 4 is 35.8 Å². The Morgan fingerprint density at radius 1 is 1.25 bits per heavy atom. The van der Waals surface area contributed by atoms with E-state index in [-0.39, 0.29) is 43.0 Å². The van der Waals surface area contributed by atoms with Gasteiger partial charge in [-0.2, -0.15) is 13.2 Å². The minimum absolute atomic E-state index is 0. The number of alkyl halides is 3. The Balaban J connectivity index is 0.00000363. The Kier molecular flexibility index (Phi) is 9.82. The maximum atomic E-state index is 13.0. The van der Waals surface area contributed by atoms with E-state index in [1.807, 2.05) is 11.8 Å². The highest BCUT2D eigenvalue weighted by Gasteiger charge is 2.32. The number of benzene rings is 1. The van der Waals surface area contributed by atoms with Crippen LogP contribution in [0.2, 0.25) is 0 Å². The number of nitrogens with zero attached hydrogens (tertiary/aromatic N) is 2. The van der Waals surface area contributed by atoms with E-state index in [0.29, 0.717) is 43.5 Å². The smallest absolute Gasteiger partial charge is 0.416 e. The molecule has 7 nitrogen and oxygen atoms in total. The average Bonchev–Trinajstić information content (AvgIpc) is 3.28. The zero-order valence-electron chi connectivity index (χ0n) is 17.5. The Labute approximate surface area is 201 Å². The van der Waals surface area contributed by atoms with Crippen LogP contribution in [0.15, 0.2) is 52.1 Å². The molecule has 0 saturated carbocycles. The van der Waals surface area contributed by atoms with Crippen LogP contribution >= 0.6 is 24.0 Å². The van der Waals surface area contributed by atoms with Crippen LogP contribution in [-0.4, -0.2) is 49.6 Å². The second kappa shape index (κ2) is 12.1. The lowest BCUT2D eigenvalue weighted by Gasteiger charge is -2.35. The normalized spacial score (nSPS) is 16.9. The van der Waals surface area contributed by atoms with Crippen molar-refractivity contribution in [2.24, 2.45) is 4.99 Å². The lowest BCUT2D eigenvalue weighted by molar-refractivity contribution is -0.137. The summed E-state index contributed by atoms with van der Waals surface area (Å²) in [5.41, 5.74) is -0.258. The van der Waals surface area contributed by atoms with Crippen molar-refractivity contribution in [2.45, 2.75) is 25.7 Å². The summed E-state index contributed by atoms with van der Waals surface area (Å²) in [6, 6.07) is 8.65. The van der Waals surface area contributed by atoms with Crippen LogP contribution in [0, 0.1) is 0 Å². The molecule has 2 aromatic rings. The number of morpholine rings is 1. The first-order valence-electron chi connectivity index (χ1n) is 9.98. The number of halogens is 4. The fourth-order valence-corrected chi connectivity index (χ4v) is 3.19. The van der Waals surface area contributed by atoms with Gasteiger partial charge in [-0.25, -0.2) is 4.99 Å². The van der Waals surface area contributed by atoms with Crippen LogP contribution in [0.5, 0.6) is 0 Å². The van der Waals surface area contributed by atoms with E-state index in [4.69, 9.17) is 9.15 Å². The highest BCUT2D eigenvalue weighted by molar-refractivity contribution is 14.0. The lowest BCUT2D eigenvalue weighted by Crippen LogP contribution is -2.48. The van der Waals surface area contributed by atoms with Crippen molar-refractivity contribution in [1.82, 2.24) is 15.5 Å². The number of aliphatic imine (C=N–C) groups is 1. The van der Waals surface area contributed by atoms with Gasteiger partial charge in [-0.05, 0) is 36.8 Å². The fourth-order valence-electron chi connectivity index (χ4n) is 3.19. The SMILES string of the molecule is CCNC(=NCC(=O)NCc1ccco1)N1CCOC(c2cccc(C(F)(F)F)c2)C1.I. The molecule has 1 atom stereocenters. The predicted octanol–water partition coefficient (Wildman–Crippen LogP) is 3.57. The summed E-state index contributed by atoms with van der Waals surface area (Å²) in [4.78, 5) is 18.4. The molecule has 3 rings (SSSR count). The summed E-state index contributed by atoms with van der Waals surface area (Å²) in [7, 11) is 0. The van der Waals surface area contributed by atoms with Gasteiger partial charge >= 0.3 is 6.18 Å². The monoisotopic (exact) mass is 566 g/mol. The van der Waals surface area contributed by atoms with Crippen LogP contribution in [0.1, 0.15) is 29.9 Å². The molecule has 0 spiro atoms. The lowest BCUT2D eigenvalue weighted by atomic mass is 10.0. The van der Waals surface area contributed by atoms with Crippen molar-refractivity contribution in [3.8, 4) is 0 Å². The molecule has 1 unspecified atom stereocenters. The van der Waals surface area contributed by atoms with E-state index in [1.54, 1.807) is 18.2 Å². The van der Waals surface area contributed by atoms with Crippen molar-refractivity contribution in [3.63, 3.8) is 0 Å². The molecule has 0 bridgehead atoms. The number of furan rings is 1. The molecule has 0 aliphatic carbocycles. The van der Waals surface area contributed by atoms with Crippen molar-refractivity contribution < 1.29 is 27.1 Å². The Morgan fingerprint density at radius 2 is 2.06 bits per heavy atom. The Morgan fingerprint density at radius 3 is 2.75 bits per heavy atom. The highest BCUT2D eigenvalue weighted by atomic mass is 127. The molecule has 2 heterocycles. The number of amides is 1. The zero-order valence-corrected chi connectivity index (χ0v) is 19.9. The third kappa shape index (κ3) is 7.40. The first-order chi connectivity index (χ1) is 14.9. The summed E-state index contributed by atoms with van der Waals surface area (Å²) in [5, 5.41) is 5.85. The Bertz CT molecular complexity index is 891. The fraction of sp³-hybridized carbons (Fsp3) is 0.429. The van der Waals surface area contributed by atoms with Crippen molar-refractivity contribution in [3.05, 3.63) is 59.5 Å². The molecule has 11 heteroatoms. The first kappa shape index (κ1) is 26.0. The maximum absolute atomic E-state index is 13.0. The third-order valence-electron chi connectivity index (χ3n) is 4.70. The number of hydrogen-bond acceptors (Lipinski definition) is 4. The van der Waals surface area contributed by atoms with Gasteiger partial charge in [0.25, 0.3) is 0 Å². The number of rotatable bonds is 6. The van der Waals surface area contributed by atoms with Crippen molar-refractivity contribution in [2.75, 3.05) is 32.8 Å². The highest BCUT2D eigenvalue weighted by Crippen LogP contribution is 2.32.